The molecule has 6 heteroatoms. The Morgan fingerprint density at radius 3 is 2.29 bits per heavy atom. The van der Waals surface area contributed by atoms with Crippen LogP contribution in [0.5, 0.6) is 5.75 Å². The van der Waals surface area contributed by atoms with E-state index in [9.17, 15) is 4.79 Å². The van der Waals surface area contributed by atoms with E-state index in [1.807, 2.05) is 0 Å². The topological polar surface area (TPSA) is 78.3 Å². The van der Waals surface area contributed by atoms with Crippen LogP contribution in [0.4, 0.5) is 5.69 Å². The molecule has 0 aliphatic heterocycles. The van der Waals surface area contributed by atoms with Crippen LogP contribution in [-0.4, -0.2) is 13.0 Å². The van der Waals surface area contributed by atoms with E-state index in [0.29, 0.717) is 17.0 Å². The Kier molecular flexibility index (Phi) is 6.95. The highest BCUT2D eigenvalue weighted by Gasteiger charge is 2.03. The van der Waals surface area contributed by atoms with Crippen LogP contribution in [0.15, 0.2) is 18.2 Å². The zero-order valence-electron chi connectivity index (χ0n) is 7.52. The van der Waals surface area contributed by atoms with Gasteiger partial charge in [-0.15, -0.1) is 24.8 Å². The van der Waals surface area contributed by atoms with E-state index in [1.54, 1.807) is 12.1 Å². The Balaban J connectivity index is 0. The first-order valence-electron chi connectivity index (χ1n) is 3.38. The third-order valence-electron chi connectivity index (χ3n) is 1.45. The van der Waals surface area contributed by atoms with Crippen LogP contribution in [0.3, 0.4) is 0 Å². The molecule has 4 nitrogen and oxygen atoms in total. The molecule has 4 N–H and O–H groups in total. The molecule has 14 heavy (non-hydrogen) atoms. The lowest BCUT2D eigenvalue weighted by molar-refractivity contribution is 0.1000. The second-order valence-corrected chi connectivity index (χ2v) is 2.36. The van der Waals surface area contributed by atoms with Gasteiger partial charge in [-0.25, -0.2) is 0 Å². The van der Waals surface area contributed by atoms with Crippen molar-refractivity contribution in [2.75, 3.05) is 12.8 Å². The number of benzene rings is 1. The van der Waals surface area contributed by atoms with Crippen LogP contribution in [0.1, 0.15) is 10.4 Å². The van der Waals surface area contributed by atoms with Crippen molar-refractivity contribution in [2.24, 2.45) is 5.73 Å². The summed E-state index contributed by atoms with van der Waals surface area (Å²) in [7, 11) is 1.50. The number of nitrogens with two attached hydrogens (primary N) is 2. The maximum absolute atomic E-state index is 10.7. The fraction of sp³-hybridized carbons (Fsp3) is 0.125. The molecule has 0 saturated carbocycles. The normalized spacial score (nSPS) is 8.07. The van der Waals surface area contributed by atoms with E-state index in [4.69, 9.17) is 16.2 Å². The number of carbonyl (C=O) groups excluding carboxylic acids is 1. The van der Waals surface area contributed by atoms with Crippen LogP contribution in [0.2, 0.25) is 0 Å². The molecule has 0 bridgehead atoms. The van der Waals surface area contributed by atoms with Crippen molar-refractivity contribution in [3.63, 3.8) is 0 Å². The van der Waals surface area contributed by atoms with Crippen molar-refractivity contribution in [3.05, 3.63) is 23.8 Å². The van der Waals surface area contributed by atoms with Crippen LogP contribution < -0.4 is 16.2 Å². The van der Waals surface area contributed by atoms with E-state index in [0.717, 1.165) is 0 Å². The third-order valence-corrected chi connectivity index (χ3v) is 1.45. The number of anilines is 1. The number of ether oxygens (including phenoxy) is 1. The van der Waals surface area contributed by atoms with Crippen LogP contribution >= 0.6 is 24.8 Å². The lowest BCUT2D eigenvalue weighted by atomic mass is 10.2. The zero-order valence-corrected chi connectivity index (χ0v) is 9.15. The molecule has 0 aliphatic carbocycles. The van der Waals surface area contributed by atoms with Crippen molar-refractivity contribution >= 4 is 36.4 Å². The Bertz CT molecular complexity index is 318. The van der Waals surface area contributed by atoms with Crippen LogP contribution in [-0.2, 0) is 0 Å². The fourth-order valence-electron chi connectivity index (χ4n) is 0.882. The highest BCUT2D eigenvalue weighted by atomic mass is 35.5. The minimum absolute atomic E-state index is 0. The molecular weight excluding hydrogens is 227 g/mol. The van der Waals surface area contributed by atoms with Crippen LogP contribution in [0, 0.1) is 0 Å². The van der Waals surface area contributed by atoms with Crippen molar-refractivity contribution in [1.82, 2.24) is 0 Å². The number of primary amides is 1. The van der Waals surface area contributed by atoms with E-state index in [1.165, 1.54) is 13.2 Å². The Morgan fingerprint density at radius 1 is 1.29 bits per heavy atom. The van der Waals surface area contributed by atoms with Crippen LogP contribution in [0.25, 0.3) is 0 Å². The average molecular weight is 239 g/mol. The van der Waals surface area contributed by atoms with Gasteiger partial charge in [0.1, 0.15) is 5.75 Å². The zero-order chi connectivity index (χ0) is 9.14. The number of hydrogen-bond acceptors (Lipinski definition) is 3. The summed E-state index contributed by atoms with van der Waals surface area (Å²) in [6, 6.07) is 4.66. The Hall–Kier alpha value is -1.13. The molecule has 1 rings (SSSR count). The predicted molar refractivity (Wildman–Crippen MR) is 60.4 cm³/mol. The molecule has 0 fully saturated rings. The number of rotatable bonds is 2. The number of halogens is 2. The second kappa shape index (κ2) is 6.34. The van der Waals surface area contributed by atoms with Gasteiger partial charge >= 0.3 is 0 Å². The lowest BCUT2D eigenvalue weighted by Gasteiger charge is -2.03. The summed E-state index contributed by atoms with van der Waals surface area (Å²) in [5, 5.41) is 0. The van der Waals surface area contributed by atoms with Crippen molar-refractivity contribution in [2.45, 2.75) is 0 Å². The quantitative estimate of drug-likeness (QED) is 0.761. The van der Waals surface area contributed by atoms with Gasteiger partial charge in [-0.2, -0.15) is 0 Å². The summed E-state index contributed by atoms with van der Waals surface area (Å²) in [5.74, 6) is 0.0180. The van der Waals surface area contributed by atoms with E-state index in [2.05, 4.69) is 0 Å². The smallest absolute Gasteiger partial charge is 0.248 e. The highest BCUT2D eigenvalue weighted by Crippen LogP contribution is 2.17. The second-order valence-electron chi connectivity index (χ2n) is 2.36. The van der Waals surface area contributed by atoms with Crippen molar-refractivity contribution in [1.29, 1.82) is 0 Å². The van der Waals surface area contributed by atoms with Gasteiger partial charge in [0, 0.05) is 17.3 Å². The van der Waals surface area contributed by atoms with E-state index < -0.39 is 5.91 Å². The Labute approximate surface area is 94.4 Å². The van der Waals surface area contributed by atoms with Gasteiger partial charge in [0.05, 0.1) is 7.11 Å². The number of carbonyl (C=O) groups is 1. The first-order chi connectivity index (χ1) is 5.63. The summed E-state index contributed by atoms with van der Waals surface area (Å²) in [6.45, 7) is 0. The molecule has 0 aromatic heterocycles. The maximum Gasteiger partial charge on any atom is 0.248 e. The molecule has 0 unspecified atom stereocenters. The molecule has 0 saturated heterocycles. The summed E-state index contributed by atoms with van der Waals surface area (Å²) < 4.78 is 4.90. The summed E-state index contributed by atoms with van der Waals surface area (Å²) in [4.78, 5) is 10.7. The van der Waals surface area contributed by atoms with E-state index >= 15 is 0 Å². The molecule has 1 aromatic rings. The van der Waals surface area contributed by atoms with Gasteiger partial charge in [0.25, 0.3) is 0 Å². The van der Waals surface area contributed by atoms with Gasteiger partial charge in [-0.1, -0.05) is 0 Å². The predicted octanol–water partition coefficient (Wildman–Crippen LogP) is 1.22. The lowest BCUT2D eigenvalue weighted by Crippen LogP contribution is -2.11. The van der Waals surface area contributed by atoms with Gasteiger partial charge < -0.3 is 16.2 Å². The summed E-state index contributed by atoms with van der Waals surface area (Å²) in [5.41, 5.74) is 11.4. The average Bonchev–Trinajstić information content (AvgIpc) is 2.03. The van der Waals surface area contributed by atoms with Gasteiger partial charge in [-0.05, 0) is 12.1 Å². The number of methoxy groups -OCH3 is 1. The summed E-state index contributed by atoms with van der Waals surface area (Å²) >= 11 is 0. The Morgan fingerprint density at radius 2 is 1.86 bits per heavy atom. The fourth-order valence-corrected chi connectivity index (χ4v) is 0.882. The SMILES string of the molecule is COc1cc(N)cc(C(N)=O)c1.Cl.Cl. The largest absolute Gasteiger partial charge is 0.497 e. The minimum Gasteiger partial charge on any atom is -0.497 e. The minimum atomic E-state index is -0.513. The molecule has 0 aliphatic rings. The van der Waals surface area contributed by atoms with Gasteiger partial charge in [0.15, 0.2) is 0 Å². The molecular formula is C8H12Cl2N2O2. The monoisotopic (exact) mass is 238 g/mol. The molecule has 1 aromatic carbocycles. The first-order valence-corrected chi connectivity index (χ1v) is 3.38. The van der Waals surface area contributed by atoms with Gasteiger partial charge in [-0.3, -0.25) is 4.79 Å². The number of amides is 1. The maximum atomic E-state index is 10.7. The van der Waals surface area contributed by atoms with Crippen molar-refractivity contribution < 1.29 is 9.53 Å². The molecule has 0 spiro atoms. The third kappa shape index (κ3) is 3.72. The summed E-state index contributed by atoms with van der Waals surface area (Å²) in [6.07, 6.45) is 0. The van der Waals surface area contributed by atoms with E-state index in [-0.39, 0.29) is 24.8 Å². The number of hydrogen-bond donors (Lipinski definition) is 2. The first kappa shape index (κ1) is 15.3. The number of nitrogen functional groups attached to an aromatic ring is 1. The standard InChI is InChI=1S/C8H10N2O2.2ClH/c1-12-7-3-5(8(10)11)2-6(9)4-7;;/h2-4H,9H2,1H3,(H2,10,11);2*1H. The molecule has 0 atom stereocenters. The molecule has 1 amide bonds. The molecule has 0 radical (unpaired) electrons. The van der Waals surface area contributed by atoms with Crippen molar-refractivity contribution in [3.8, 4) is 5.75 Å². The highest BCUT2D eigenvalue weighted by molar-refractivity contribution is 5.94. The van der Waals surface area contributed by atoms with Gasteiger partial charge in [0.2, 0.25) is 5.91 Å². The molecule has 80 valence electrons. The molecule has 0 heterocycles.